The van der Waals surface area contributed by atoms with E-state index in [1.807, 2.05) is 18.7 Å². The lowest BCUT2D eigenvalue weighted by Crippen LogP contribution is -1.82. The molecule has 0 aromatic carbocycles. The molecule has 0 radical (unpaired) electrons. The maximum absolute atomic E-state index is 4.30. The first-order valence-corrected chi connectivity index (χ1v) is 7.26. The lowest BCUT2D eigenvalue weighted by Gasteiger charge is -1.97. The van der Waals surface area contributed by atoms with Crippen LogP contribution in [-0.2, 0) is 0 Å². The molecule has 0 unspecified atom stereocenters. The van der Waals surface area contributed by atoms with E-state index in [1.165, 1.54) is 43.0 Å². The molecule has 5 heteroatoms. The molecule has 1 aromatic heterocycles. The molecule has 1 rings (SSSR count). The fraction of sp³-hybridized carbons (Fsp3) is 0.778. The van der Waals surface area contributed by atoms with Crippen LogP contribution in [0, 0.1) is 6.92 Å². The molecular weight excluding hydrogens is 232 g/mol. The number of hydrogen-bond donors (Lipinski definition) is 1. The Hall–Kier alpha value is 0.260. The molecule has 0 aliphatic carbocycles. The van der Waals surface area contributed by atoms with Gasteiger partial charge in [-0.05, 0) is 37.1 Å². The first-order valence-electron chi connectivity index (χ1n) is 4.87. The summed E-state index contributed by atoms with van der Waals surface area (Å²) in [4.78, 5) is 4.30. The molecule has 0 spiro atoms. The van der Waals surface area contributed by atoms with Gasteiger partial charge in [0.1, 0.15) is 5.82 Å². The highest BCUT2D eigenvalue weighted by atomic mass is 32.2. The van der Waals surface area contributed by atoms with Crippen molar-refractivity contribution < 1.29 is 0 Å². The Morgan fingerprint density at radius 1 is 1.29 bits per heavy atom. The fourth-order valence-corrected chi connectivity index (χ4v) is 3.00. The lowest BCUT2D eigenvalue weighted by atomic mass is 10.2. The van der Waals surface area contributed by atoms with Crippen LogP contribution in [0.25, 0.3) is 0 Å². The van der Waals surface area contributed by atoms with Crippen LogP contribution < -0.4 is 0 Å². The largest absolute Gasteiger partial charge is 0.213 e. The zero-order chi connectivity index (χ0) is 10.2. The summed E-state index contributed by atoms with van der Waals surface area (Å²) in [5.41, 5.74) is 0. The van der Waals surface area contributed by atoms with Crippen LogP contribution in [0.3, 0.4) is 0 Å². The Morgan fingerprint density at radius 2 is 2.07 bits per heavy atom. The minimum absolute atomic E-state index is 0.896. The minimum Gasteiger partial charge on any atom is -0.213 e. The molecule has 0 aliphatic heterocycles. The quantitative estimate of drug-likeness (QED) is 0.455. The normalized spacial score (nSPS) is 10.7. The number of thiol groups is 1. The predicted octanol–water partition coefficient (Wildman–Crippen LogP) is 3.43. The fourth-order valence-electron chi connectivity index (χ4n) is 1.06. The van der Waals surface area contributed by atoms with Gasteiger partial charge in [0.25, 0.3) is 0 Å². The third kappa shape index (κ3) is 5.22. The molecule has 14 heavy (non-hydrogen) atoms. The van der Waals surface area contributed by atoms with Crippen molar-refractivity contribution in [2.75, 3.05) is 11.5 Å². The number of unbranched alkanes of at least 4 members (excludes halogenated alkanes) is 3. The molecule has 0 saturated heterocycles. The predicted molar refractivity (Wildman–Crippen MR) is 67.7 cm³/mol. The Balaban J connectivity index is 1.99. The summed E-state index contributed by atoms with van der Waals surface area (Å²) >= 11 is 7.52. The van der Waals surface area contributed by atoms with Gasteiger partial charge in [-0.2, -0.15) is 17.0 Å². The van der Waals surface area contributed by atoms with Crippen molar-refractivity contribution in [3.8, 4) is 0 Å². The second-order valence-corrected chi connectivity index (χ2v) is 5.63. The molecule has 80 valence electrons. The monoisotopic (exact) mass is 248 g/mol. The van der Waals surface area contributed by atoms with Crippen LogP contribution in [0.1, 0.15) is 31.5 Å². The maximum atomic E-state index is 4.30. The van der Waals surface area contributed by atoms with Crippen LogP contribution in [0.2, 0.25) is 0 Å². The maximum Gasteiger partial charge on any atom is 0.170 e. The molecule has 1 heterocycles. The van der Waals surface area contributed by atoms with Gasteiger partial charge in [0.15, 0.2) is 4.34 Å². The van der Waals surface area contributed by atoms with E-state index in [1.54, 1.807) is 0 Å². The number of aromatic nitrogens is 2. The topological polar surface area (TPSA) is 25.8 Å². The summed E-state index contributed by atoms with van der Waals surface area (Å²) < 4.78 is 5.25. The van der Waals surface area contributed by atoms with Crippen molar-refractivity contribution in [1.82, 2.24) is 9.36 Å². The first-order chi connectivity index (χ1) is 6.83. The van der Waals surface area contributed by atoms with Crippen molar-refractivity contribution in [2.45, 2.75) is 36.9 Å². The zero-order valence-electron chi connectivity index (χ0n) is 8.40. The van der Waals surface area contributed by atoms with Crippen LogP contribution in [0.15, 0.2) is 4.34 Å². The molecule has 2 nitrogen and oxygen atoms in total. The van der Waals surface area contributed by atoms with Gasteiger partial charge in [0.2, 0.25) is 0 Å². The number of aryl methyl sites for hydroxylation is 1. The van der Waals surface area contributed by atoms with Crippen molar-refractivity contribution in [3.05, 3.63) is 5.82 Å². The van der Waals surface area contributed by atoms with Gasteiger partial charge in [0.05, 0.1) is 0 Å². The molecule has 0 atom stereocenters. The van der Waals surface area contributed by atoms with Gasteiger partial charge in [-0.15, -0.1) is 0 Å². The summed E-state index contributed by atoms with van der Waals surface area (Å²) in [7, 11) is 0. The summed E-state index contributed by atoms with van der Waals surface area (Å²) in [6, 6.07) is 0. The highest BCUT2D eigenvalue weighted by Crippen LogP contribution is 2.21. The average molecular weight is 248 g/mol. The molecule has 1 aromatic rings. The van der Waals surface area contributed by atoms with E-state index in [0.717, 1.165) is 15.9 Å². The van der Waals surface area contributed by atoms with Gasteiger partial charge in [-0.1, -0.05) is 24.6 Å². The molecular formula is C9H16N2S3. The highest BCUT2D eigenvalue weighted by molar-refractivity contribution is 8.00. The molecule has 0 amide bonds. The first kappa shape index (κ1) is 12.3. The smallest absolute Gasteiger partial charge is 0.170 e. The number of thioether (sulfide) groups is 1. The van der Waals surface area contributed by atoms with E-state index in [0.29, 0.717) is 0 Å². The number of hydrogen-bond acceptors (Lipinski definition) is 5. The number of nitrogens with zero attached hydrogens (tertiary/aromatic N) is 2. The van der Waals surface area contributed by atoms with E-state index in [4.69, 9.17) is 0 Å². The van der Waals surface area contributed by atoms with Gasteiger partial charge in [0, 0.05) is 5.75 Å². The molecule has 0 aliphatic rings. The molecule has 0 saturated carbocycles. The van der Waals surface area contributed by atoms with Gasteiger partial charge in [-0.3, -0.25) is 0 Å². The van der Waals surface area contributed by atoms with Crippen LogP contribution >= 0.6 is 35.9 Å². The highest BCUT2D eigenvalue weighted by Gasteiger charge is 1.99. The van der Waals surface area contributed by atoms with E-state index in [-0.39, 0.29) is 0 Å². The second-order valence-electron chi connectivity index (χ2n) is 3.09. The Morgan fingerprint density at radius 3 is 2.71 bits per heavy atom. The lowest BCUT2D eigenvalue weighted by molar-refractivity contribution is 0.712. The van der Waals surface area contributed by atoms with E-state index in [2.05, 4.69) is 22.0 Å². The summed E-state index contributed by atoms with van der Waals surface area (Å²) in [6.07, 6.45) is 5.13. The molecule has 0 N–H and O–H groups in total. The summed E-state index contributed by atoms with van der Waals surface area (Å²) in [5.74, 6) is 3.08. The average Bonchev–Trinajstić information content (AvgIpc) is 2.58. The zero-order valence-corrected chi connectivity index (χ0v) is 10.9. The summed E-state index contributed by atoms with van der Waals surface area (Å²) in [6.45, 7) is 1.94. The van der Waals surface area contributed by atoms with Crippen molar-refractivity contribution in [1.29, 1.82) is 0 Å². The Kier molecular flexibility index (Phi) is 6.64. The third-order valence-electron chi connectivity index (χ3n) is 1.79. The van der Waals surface area contributed by atoms with E-state index in [9.17, 15) is 0 Å². The van der Waals surface area contributed by atoms with Crippen LogP contribution in [0.5, 0.6) is 0 Å². The molecule has 0 bridgehead atoms. The van der Waals surface area contributed by atoms with Gasteiger partial charge in [-0.25, -0.2) is 4.98 Å². The van der Waals surface area contributed by atoms with Crippen molar-refractivity contribution in [2.24, 2.45) is 0 Å². The standard InChI is InChI=1S/C9H16N2S3/c1-8-10-9(14-11-8)13-7-5-3-2-4-6-12/h12H,2-7H2,1H3. The Labute approximate surface area is 99.5 Å². The Bertz CT molecular complexity index is 250. The van der Waals surface area contributed by atoms with Crippen LogP contribution in [-0.4, -0.2) is 20.9 Å². The SMILES string of the molecule is Cc1nsc(SCCCCCCS)n1. The van der Waals surface area contributed by atoms with Gasteiger partial charge >= 0.3 is 0 Å². The van der Waals surface area contributed by atoms with Gasteiger partial charge < -0.3 is 0 Å². The van der Waals surface area contributed by atoms with E-state index < -0.39 is 0 Å². The van der Waals surface area contributed by atoms with Crippen molar-refractivity contribution in [3.63, 3.8) is 0 Å². The number of rotatable bonds is 7. The van der Waals surface area contributed by atoms with Crippen molar-refractivity contribution >= 4 is 35.9 Å². The summed E-state index contributed by atoms with van der Waals surface area (Å²) in [5, 5.41) is 0. The van der Waals surface area contributed by atoms with Crippen LogP contribution in [0.4, 0.5) is 0 Å². The second kappa shape index (κ2) is 7.54. The molecule has 0 fully saturated rings. The third-order valence-corrected chi connectivity index (χ3v) is 4.11. The van der Waals surface area contributed by atoms with E-state index >= 15 is 0 Å². The minimum atomic E-state index is 0.896.